The molecule has 0 radical (unpaired) electrons. The first kappa shape index (κ1) is 27.4. The zero-order valence-electron chi connectivity index (χ0n) is 18.0. The fourth-order valence-corrected chi connectivity index (χ4v) is 3.18. The van der Waals surface area contributed by atoms with E-state index in [0.717, 1.165) is 24.3 Å². The fourth-order valence-electron chi connectivity index (χ4n) is 2.10. The Kier molecular flexibility index (Phi) is 9.27. The Morgan fingerprint density at radius 2 is 1.66 bits per heavy atom. The number of hydrogen-bond acceptors (Lipinski definition) is 8. The SMILES string of the molecule is C=C(C)C(=O)OCCCS(=O)(=O)OC(c1ccc(OC(=O)OC(C)(C)C)cc1)C(F)(F)F. The number of hydrogen-bond donors (Lipinski definition) is 0. The van der Waals surface area contributed by atoms with E-state index in [0.29, 0.717) is 0 Å². The molecule has 0 aliphatic carbocycles. The molecule has 0 aliphatic rings. The van der Waals surface area contributed by atoms with Crippen LogP contribution in [-0.2, 0) is 28.6 Å². The molecule has 32 heavy (non-hydrogen) atoms. The van der Waals surface area contributed by atoms with Crippen molar-refractivity contribution in [3.05, 3.63) is 42.0 Å². The first-order valence-electron chi connectivity index (χ1n) is 9.31. The predicted octanol–water partition coefficient (Wildman–Crippen LogP) is 4.46. The minimum Gasteiger partial charge on any atom is -0.462 e. The Morgan fingerprint density at radius 1 is 1.09 bits per heavy atom. The van der Waals surface area contributed by atoms with Crippen LogP contribution in [0.3, 0.4) is 0 Å². The van der Waals surface area contributed by atoms with Gasteiger partial charge in [0.2, 0.25) is 0 Å². The lowest BCUT2D eigenvalue weighted by molar-refractivity contribution is -0.196. The first-order chi connectivity index (χ1) is 14.5. The van der Waals surface area contributed by atoms with Gasteiger partial charge < -0.3 is 14.2 Å². The van der Waals surface area contributed by atoms with Crippen molar-refractivity contribution < 1.29 is 49.6 Å². The summed E-state index contributed by atoms with van der Waals surface area (Å²) >= 11 is 0. The maximum atomic E-state index is 13.4. The summed E-state index contributed by atoms with van der Waals surface area (Å²) in [7, 11) is -4.62. The van der Waals surface area contributed by atoms with E-state index in [1.165, 1.54) is 6.92 Å². The summed E-state index contributed by atoms with van der Waals surface area (Å²) in [5.74, 6) is -1.65. The molecular formula is C20H25F3O8S. The quantitative estimate of drug-likeness (QED) is 0.167. The van der Waals surface area contributed by atoms with Gasteiger partial charge >= 0.3 is 18.3 Å². The number of benzene rings is 1. The molecule has 0 bridgehead atoms. The molecule has 1 aromatic rings. The highest BCUT2D eigenvalue weighted by Gasteiger charge is 2.44. The lowest BCUT2D eigenvalue weighted by atomic mass is 10.1. The van der Waals surface area contributed by atoms with Gasteiger partial charge in [0, 0.05) is 5.57 Å². The molecule has 0 N–H and O–H groups in total. The number of esters is 1. The third-order valence-electron chi connectivity index (χ3n) is 3.43. The molecule has 12 heteroatoms. The van der Waals surface area contributed by atoms with Crippen molar-refractivity contribution >= 4 is 22.2 Å². The third kappa shape index (κ3) is 10.1. The molecule has 180 valence electrons. The summed E-state index contributed by atoms with van der Waals surface area (Å²) in [5, 5.41) is 0. The van der Waals surface area contributed by atoms with Crippen molar-refractivity contribution in [3.8, 4) is 5.75 Å². The van der Waals surface area contributed by atoms with E-state index in [4.69, 9.17) is 14.2 Å². The van der Waals surface area contributed by atoms with Gasteiger partial charge in [0.25, 0.3) is 10.1 Å². The van der Waals surface area contributed by atoms with Gasteiger partial charge in [0.1, 0.15) is 11.4 Å². The Hall–Kier alpha value is -2.60. The van der Waals surface area contributed by atoms with Gasteiger partial charge in [0.05, 0.1) is 12.4 Å². The summed E-state index contributed by atoms with van der Waals surface area (Å²) < 4.78 is 83.2. The molecule has 0 aromatic heterocycles. The van der Waals surface area contributed by atoms with E-state index in [9.17, 15) is 31.2 Å². The van der Waals surface area contributed by atoms with Crippen LogP contribution < -0.4 is 4.74 Å². The Balaban J connectivity index is 2.83. The lowest BCUT2D eigenvalue weighted by Crippen LogP contribution is -2.28. The van der Waals surface area contributed by atoms with Crippen LogP contribution >= 0.6 is 0 Å². The second-order valence-corrected chi connectivity index (χ2v) is 9.40. The number of ether oxygens (including phenoxy) is 3. The van der Waals surface area contributed by atoms with Crippen LogP contribution in [0.25, 0.3) is 0 Å². The van der Waals surface area contributed by atoms with Crippen molar-refractivity contribution in [1.29, 1.82) is 0 Å². The average molecular weight is 482 g/mol. The molecule has 1 unspecified atom stereocenters. The highest BCUT2D eigenvalue weighted by molar-refractivity contribution is 7.86. The third-order valence-corrected chi connectivity index (χ3v) is 4.71. The standard InChI is InChI=1S/C20H25F3O8S/c1-13(2)17(24)28-11-6-12-32(26,27)31-16(20(21,22)23)14-7-9-15(10-8-14)29-18(25)30-19(3,4)5/h7-10,16H,1,6,11-12H2,2-5H3. The van der Waals surface area contributed by atoms with Gasteiger partial charge in [-0.2, -0.15) is 21.6 Å². The number of alkyl halides is 3. The molecule has 0 heterocycles. The van der Waals surface area contributed by atoms with Gasteiger partial charge in [-0.25, -0.2) is 9.59 Å². The van der Waals surface area contributed by atoms with E-state index in [-0.39, 0.29) is 24.4 Å². The maximum absolute atomic E-state index is 13.4. The Labute approximate surface area is 184 Å². The van der Waals surface area contributed by atoms with Crippen LogP contribution in [0.2, 0.25) is 0 Å². The minimum absolute atomic E-state index is 0.0975. The average Bonchev–Trinajstić information content (AvgIpc) is 2.61. The second kappa shape index (κ2) is 10.8. The summed E-state index contributed by atoms with van der Waals surface area (Å²) in [4.78, 5) is 22.9. The van der Waals surface area contributed by atoms with Crippen LogP contribution in [0.15, 0.2) is 36.4 Å². The lowest BCUT2D eigenvalue weighted by Gasteiger charge is -2.21. The molecule has 0 amide bonds. The van der Waals surface area contributed by atoms with Crippen molar-refractivity contribution in [1.82, 2.24) is 0 Å². The molecule has 0 aliphatic heterocycles. The normalized spacial score (nSPS) is 13.2. The van der Waals surface area contributed by atoms with Gasteiger partial charge in [-0.1, -0.05) is 18.7 Å². The van der Waals surface area contributed by atoms with E-state index in [1.54, 1.807) is 20.8 Å². The van der Waals surface area contributed by atoms with E-state index < -0.39 is 51.4 Å². The zero-order chi connectivity index (χ0) is 24.7. The summed E-state index contributed by atoms with van der Waals surface area (Å²) in [6, 6.07) is 3.93. The fraction of sp³-hybridized carbons (Fsp3) is 0.500. The topological polar surface area (TPSA) is 105 Å². The van der Waals surface area contributed by atoms with Crippen molar-refractivity contribution in [2.75, 3.05) is 12.4 Å². The molecule has 1 rings (SSSR count). The monoisotopic (exact) mass is 482 g/mol. The number of carbonyl (C=O) groups is 2. The van der Waals surface area contributed by atoms with Gasteiger partial charge in [-0.05, 0) is 51.8 Å². The molecule has 0 spiro atoms. The van der Waals surface area contributed by atoms with Gasteiger partial charge in [-0.3, -0.25) is 4.18 Å². The van der Waals surface area contributed by atoms with Crippen molar-refractivity contribution in [2.45, 2.75) is 52.0 Å². The molecular weight excluding hydrogens is 457 g/mol. The van der Waals surface area contributed by atoms with Crippen molar-refractivity contribution in [2.24, 2.45) is 0 Å². The molecule has 0 saturated carbocycles. The molecule has 0 fully saturated rings. The first-order valence-corrected chi connectivity index (χ1v) is 10.9. The molecule has 1 aromatic carbocycles. The predicted molar refractivity (Wildman–Crippen MR) is 107 cm³/mol. The second-order valence-electron chi connectivity index (χ2n) is 7.69. The zero-order valence-corrected chi connectivity index (χ0v) is 18.8. The highest BCUT2D eigenvalue weighted by Crippen LogP contribution is 2.37. The van der Waals surface area contributed by atoms with E-state index in [2.05, 4.69) is 10.8 Å². The van der Waals surface area contributed by atoms with Crippen LogP contribution in [0.1, 0.15) is 45.8 Å². The van der Waals surface area contributed by atoms with Crippen LogP contribution in [0.4, 0.5) is 18.0 Å². The maximum Gasteiger partial charge on any atom is 0.514 e. The summed E-state index contributed by atoms with van der Waals surface area (Å²) in [6.07, 6.45) is -9.15. The molecule has 8 nitrogen and oxygen atoms in total. The smallest absolute Gasteiger partial charge is 0.462 e. The van der Waals surface area contributed by atoms with Crippen LogP contribution in [0.5, 0.6) is 5.75 Å². The van der Waals surface area contributed by atoms with E-state index >= 15 is 0 Å². The van der Waals surface area contributed by atoms with Crippen LogP contribution in [-0.4, -0.2) is 44.7 Å². The molecule has 1 atom stereocenters. The van der Waals surface area contributed by atoms with Crippen LogP contribution in [0, 0.1) is 0 Å². The summed E-state index contributed by atoms with van der Waals surface area (Å²) in [5.41, 5.74) is -1.25. The van der Waals surface area contributed by atoms with E-state index in [1.807, 2.05) is 0 Å². The largest absolute Gasteiger partial charge is 0.514 e. The number of halogens is 3. The summed E-state index contributed by atoms with van der Waals surface area (Å²) in [6.45, 7) is 9.21. The molecule has 0 saturated heterocycles. The van der Waals surface area contributed by atoms with Gasteiger partial charge in [0.15, 0.2) is 6.10 Å². The van der Waals surface area contributed by atoms with Crippen molar-refractivity contribution in [3.63, 3.8) is 0 Å². The Morgan fingerprint density at radius 3 is 2.12 bits per heavy atom. The Bertz CT molecular complexity index is 916. The highest BCUT2D eigenvalue weighted by atomic mass is 32.2. The minimum atomic E-state index is -5.05. The van der Waals surface area contributed by atoms with Gasteiger partial charge in [-0.15, -0.1) is 0 Å². The number of rotatable bonds is 9. The number of carbonyl (C=O) groups excluding carboxylic acids is 2.